The van der Waals surface area contributed by atoms with Gasteiger partial charge in [-0.2, -0.15) is 5.26 Å². The second-order valence-corrected chi connectivity index (χ2v) is 4.58. The van der Waals surface area contributed by atoms with E-state index in [1.165, 1.54) is 12.1 Å². The van der Waals surface area contributed by atoms with E-state index >= 15 is 0 Å². The van der Waals surface area contributed by atoms with E-state index in [0.717, 1.165) is 5.56 Å². The first-order valence-corrected chi connectivity index (χ1v) is 6.09. The van der Waals surface area contributed by atoms with Crippen LogP contribution in [0.1, 0.15) is 11.3 Å². The highest BCUT2D eigenvalue weighted by Crippen LogP contribution is 2.27. The molecule has 0 fully saturated rings. The molecule has 0 aliphatic rings. The molecule has 0 amide bonds. The number of halogens is 3. The number of pyridine rings is 1. The van der Waals surface area contributed by atoms with Crippen molar-refractivity contribution < 1.29 is 4.39 Å². The molecule has 0 aliphatic heterocycles. The summed E-state index contributed by atoms with van der Waals surface area (Å²) in [4.78, 5) is 3.87. The van der Waals surface area contributed by atoms with E-state index in [-0.39, 0.29) is 10.0 Å². The average molecular weight is 296 g/mol. The summed E-state index contributed by atoms with van der Waals surface area (Å²) in [6.45, 7) is 0.454. The summed E-state index contributed by atoms with van der Waals surface area (Å²) in [5.74, 6) is -0.635. The van der Waals surface area contributed by atoms with Gasteiger partial charge in [0.2, 0.25) is 0 Å². The lowest BCUT2D eigenvalue weighted by Crippen LogP contribution is -2.00. The van der Waals surface area contributed by atoms with Crippen LogP contribution in [0.2, 0.25) is 10.0 Å². The molecule has 1 aromatic heterocycles. The predicted octanol–water partition coefficient (Wildman–Crippen LogP) is 4.01. The maximum Gasteiger partial charge on any atom is 0.160 e. The highest BCUT2D eigenvalue weighted by molar-refractivity contribution is 6.35. The molecule has 0 saturated heterocycles. The van der Waals surface area contributed by atoms with Gasteiger partial charge < -0.3 is 5.32 Å². The van der Waals surface area contributed by atoms with Gasteiger partial charge in [0.1, 0.15) is 11.8 Å². The van der Waals surface area contributed by atoms with Crippen LogP contribution in [0.3, 0.4) is 0 Å². The van der Waals surface area contributed by atoms with Crippen molar-refractivity contribution in [2.45, 2.75) is 6.54 Å². The molecule has 0 spiro atoms. The first kappa shape index (κ1) is 13.6. The molecule has 0 radical (unpaired) electrons. The van der Waals surface area contributed by atoms with Crippen LogP contribution >= 0.6 is 23.2 Å². The maximum atomic E-state index is 13.2. The molecular weight excluding hydrogens is 288 g/mol. The Morgan fingerprint density at radius 2 is 1.95 bits per heavy atom. The van der Waals surface area contributed by atoms with Gasteiger partial charge in [-0.25, -0.2) is 9.37 Å². The minimum absolute atomic E-state index is 0.0394. The summed E-state index contributed by atoms with van der Waals surface area (Å²) in [7, 11) is 0. The highest BCUT2D eigenvalue weighted by atomic mass is 35.5. The van der Waals surface area contributed by atoms with Crippen LogP contribution in [-0.4, -0.2) is 4.98 Å². The van der Waals surface area contributed by atoms with Crippen molar-refractivity contribution in [1.82, 2.24) is 4.98 Å². The maximum absolute atomic E-state index is 13.2. The number of hydrogen-bond donors (Lipinski definition) is 1. The van der Waals surface area contributed by atoms with E-state index in [1.807, 2.05) is 6.07 Å². The summed E-state index contributed by atoms with van der Waals surface area (Å²) in [5, 5.41) is 11.7. The Balaban J connectivity index is 2.12. The molecule has 3 nitrogen and oxygen atoms in total. The number of hydrogen-bond acceptors (Lipinski definition) is 3. The number of nitrogens with one attached hydrogen (secondary N) is 1. The molecule has 1 N–H and O–H groups in total. The van der Waals surface area contributed by atoms with Crippen LogP contribution in [0.25, 0.3) is 0 Å². The molecule has 0 unspecified atom stereocenters. The van der Waals surface area contributed by atoms with E-state index < -0.39 is 5.82 Å². The topological polar surface area (TPSA) is 48.7 Å². The molecule has 0 saturated carbocycles. The second kappa shape index (κ2) is 5.87. The standard InChI is InChI=1S/C13H8Cl2FN3/c14-11-4-9(5-12(15)13(11)16)19-7-8-1-2-18-10(3-8)6-17/h1-5,19H,7H2. The Labute approximate surface area is 119 Å². The predicted molar refractivity (Wildman–Crippen MR) is 72.7 cm³/mol. The van der Waals surface area contributed by atoms with Gasteiger partial charge >= 0.3 is 0 Å². The number of nitrogens with zero attached hydrogens (tertiary/aromatic N) is 2. The van der Waals surface area contributed by atoms with Gasteiger partial charge in [-0.1, -0.05) is 23.2 Å². The molecule has 0 aliphatic carbocycles. The number of rotatable bonds is 3. The number of anilines is 1. The fourth-order valence-electron chi connectivity index (χ4n) is 1.51. The van der Waals surface area contributed by atoms with Gasteiger partial charge in [0.15, 0.2) is 5.82 Å². The summed E-state index contributed by atoms with van der Waals surface area (Å²) in [6.07, 6.45) is 1.56. The van der Waals surface area contributed by atoms with Crippen LogP contribution < -0.4 is 5.32 Å². The third-order valence-electron chi connectivity index (χ3n) is 2.42. The third-order valence-corrected chi connectivity index (χ3v) is 2.97. The van der Waals surface area contributed by atoms with E-state index in [9.17, 15) is 4.39 Å². The third kappa shape index (κ3) is 3.34. The molecule has 1 aromatic carbocycles. The van der Waals surface area contributed by atoms with Crippen molar-refractivity contribution >= 4 is 28.9 Å². The van der Waals surface area contributed by atoms with Crippen molar-refractivity contribution in [2.24, 2.45) is 0 Å². The Bertz CT molecular complexity index is 630. The molecule has 0 bridgehead atoms. The van der Waals surface area contributed by atoms with Crippen molar-refractivity contribution in [1.29, 1.82) is 5.26 Å². The number of nitriles is 1. The van der Waals surface area contributed by atoms with Crippen LogP contribution in [0.15, 0.2) is 30.5 Å². The molecule has 2 aromatic rings. The summed E-state index contributed by atoms with van der Waals surface area (Å²) in [5.41, 5.74) is 1.82. The molecule has 1 heterocycles. The molecule has 0 atom stereocenters. The highest BCUT2D eigenvalue weighted by Gasteiger charge is 2.07. The Morgan fingerprint density at radius 3 is 2.58 bits per heavy atom. The quantitative estimate of drug-likeness (QED) is 0.870. The van der Waals surface area contributed by atoms with E-state index in [4.69, 9.17) is 28.5 Å². The monoisotopic (exact) mass is 295 g/mol. The van der Waals surface area contributed by atoms with Gasteiger partial charge in [0.25, 0.3) is 0 Å². The molecule has 6 heteroatoms. The van der Waals surface area contributed by atoms with Crippen LogP contribution in [0.5, 0.6) is 0 Å². The zero-order chi connectivity index (χ0) is 13.8. The molecule has 19 heavy (non-hydrogen) atoms. The zero-order valence-corrected chi connectivity index (χ0v) is 11.1. The fourth-order valence-corrected chi connectivity index (χ4v) is 1.99. The Hall–Kier alpha value is -1.83. The van der Waals surface area contributed by atoms with Gasteiger partial charge in [0.05, 0.1) is 10.0 Å². The van der Waals surface area contributed by atoms with Crippen LogP contribution in [0.4, 0.5) is 10.1 Å². The minimum atomic E-state index is -0.635. The Kier molecular flexibility index (Phi) is 4.20. The lowest BCUT2D eigenvalue weighted by Gasteiger charge is -2.08. The van der Waals surface area contributed by atoms with Crippen molar-refractivity contribution in [2.75, 3.05) is 5.32 Å². The van der Waals surface area contributed by atoms with E-state index in [1.54, 1.807) is 18.3 Å². The lowest BCUT2D eigenvalue weighted by molar-refractivity contribution is 0.629. The minimum Gasteiger partial charge on any atom is -0.381 e. The van der Waals surface area contributed by atoms with Gasteiger partial charge in [-0.15, -0.1) is 0 Å². The first-order valence-electron chi connectivity index (χ1n) is 5.33. The van der Waals surface area contributed by atoms with Gasteiger partial charge in [0, 0.05) is 18.4 Å². The van der Waals surface area contributed by atoms with Crippen molar-refractivity contribution in [3.63, 3.8) is 0 Å². The van der Waals surface area contributed by atoms with Gasteiger partial charge in [-0.05, 0) is 29.8 Å². The number of benzene rings is 1. The molecular formula is C13H8Cl2FN3. The van der Waals surface area contributed by atoms with Crippen LogP contribution in [0, 0.1) is 17.1 Å². The summed E-state index contributed by atoms with van der Waals surface area (Å²) < 4.78 is 13.2. The largest absolute Gasteiger partial charge is 0.381 e. The summed E-state index contributed by atoms with van der Waals surface area (Å²) >= 11 is 11.4. The summed E-state index contributed by atoms with van der Waals surface area (Å²) in [6, 6.07) is 8.31. The van der Waals surface area contributed by atoms with Crippen molar-refractivity contribution in [3.05, 3.63) is 57.6 Å². The van der Waals surface area contributed by atoms with Crippen molar-refractivity contribution in [3.8, 4) is 6.07 Å². The van der Waals surface area contributed by atoms with Gasteiger partial charge in [-0.3, -0.25) is 0 Å². The second-order valence-electron chi connectivity index (χ2n) is 3.77. The molecule has 2 rings (SSSR count). The van der Waals surface area contributed by atoms with Crippen LogP contribution in [-0.2, 0) is 6.54 Å². The average Bonchev–Trinajstić information content (AvgIpc) is 2.42. The fraction of sp³-hybridized carbons (Fsp3) is 0.0769. The number of aromatic nitrogens is 1. The smallest absolute Gasteiger partial charge is 0.160 e. The molecule has 96 valence electrons. The van der Waals surface area contributed by atoms with E-state index in [2.05, 4.69) is 10.3 Å². The van der Waals surface area contributed by atoms with E-state index in [0.29, 0.717) is 17.9 Å². The Morgan fingerprint density at radius 1 is 1.26 bits per heavy atom. The zero-order valence-electron chi connectivity index (χ0n) is 9.62. The normalized spacial score (nSPS) is 10.0. The lowest BCUT2D eigenvalue weighted by atomic mass is 10.2. The first-order chi connectivity index (χ1) is 9.10. The SMILES string of the molecule is N#Cc1cc(CNc2cc(Cl)c(F)c(Cl)c2)ccn1.